The molecule has 204 valence electrons. The summed E-state index contributed by atoms with van der Waals surface area (Å²) >= 11 is 0. The molecule has 0 aliphatic rings. The molecule has 0 saturated carbocycles. The average molecular weight is 534 g/mol. The van der Waals surface area contributed by atoms with Gasteiger partial charge in [0.15, 0.2) is 11.9 Å². The Balaban J connectivity index is 1.79. The molecular formula is C29H31N3O7. The van der Waals surface area contributed by atoms with E-state index in [1.165, 1.54) is 26.2 Å². The Bertz CT molecular complexity index is 1290. The van der Waals surface area contributed by atoms with Crippen LogP contribution in [0.5, 0.6) is 5.75 Å². The number of nitrogens with one attached hydrogen (secondary N) is 2. The number of rotatable bonds is 12. The van der Waals surface area contributed by atoms with Crippen LogP contribution in [0.25, 0.3) is 0 Å². The van der Waals surface area contributed by atoms with Gasteiger partial charge < -0.3 is 30.4 Å². The highest BCUT2D eigenvalue weighted by Crippen LogP contribution is 2.27. The molecule has 0 aliphatic heterocycles. The van der Waals surface area contributed by atoms with Crippen LogP contribution >= 0.6 is 0 Å². The van der Waals surface area contributed by atoms with Crippen molar-refractivity contribution < 1.29 is 33.7 Å². The van der Waals surface area contributed by atoms with Crippen molar-refractivity contribution in [3.05, 3.63) is 96.1 Å². The van der Waals surface area contributed by atoms with Gasteiger partial charge in [-0.2, -0.15) is 0 Å². The fourth-order valence-corrected chi connectivity index (χ4v) is 3.56. The molecule has 0 heterocycles. The summed E-state index contributed by atoms with van der Waals surface area (Å²) in [5, 5.41) is 14.3. The van der Waals surface area contributed by atoms with Gasteiger partial charge in [-0.1, -0.05) is 24.3 Å². The summed E-state index contributed by atoms with van der Waals surface area (Å²) in [6.07, 6.45) is 0.175. The number of benzene rings is 3. The standard InChI is InChI=1S/C29H31N3O7/c1-19(34)20-7-11-22(12-8-20)31-29(36)39-28(21-9-13-23(14-10-21)38-18-17-33)26(37-2)15-16-27(35)32-25-6-4-3-5-24(25)30/h3-16,26,28,33H,17-18,30H2,1-2H3,(H,31,36)(H,32,35)/b16-15+/t26-,28-/m0/s1. The minimum absolute atomic E-state index is 0.0932. The second-order valence-corrected chi connectivity index (χ2v) is 8.36. The number of para-hydroxylation sites is 2. The van der Waals surface area contributed by atoms with E-state index < -0.39 is 24.2 Å². The Kier molecular flexibility index (Phi) is 10.6. The molecule has 3 aromatic rings. The largest absolute Gasteiger partial charge is 0.491 e. The van der Waals surface area contributed by atoms with Crippen molar-refractivity contribution in [1.82, 2.24) is 0 Å². The third-order valence-electron chi connectivity index (χ3n) is 5.57. The molecule has 0 aliphatic carbocycles. The molecule has 5 N–H and O–H groups in total. The average Bonchev–Trinajstić information content (AvgIpc) is 2.93. The number of ether oxygens (including phenoxy) is 3. The van der Waals surface area contributed by atoms with Crippen molar-refractivity contribution in [2.24, 2.45) is 0 Å². The molecule has 2 amide bonds. The predicted octanol–water partition coefficient (Wildman–Crippen LogP) is 4.34. The normalized spacial score (nSPS) is 12.4. The lowest BCUT2D eigenvalue weighted by molar-refractivity contribution is -0.112. The van der Waals surface area contributed by atoms with Crippen LogP contribution in [0, 0.1) is 0 Å². The van der Waals surface area contributed by atoms with E-state index in [0.717, 1.165) is 0 Å². The number of hydrogen-bond donors (Lipinski definition) is 4. The number of nitrogens with two attached hydrogens (primary N) is 1. The summed E-state index contributed by atoms with van der Waals surface area (Å²) in [6, 6.07) is 19.9. The molecule has 0 radical (unpaired) electrons. The van der Waals surface area contributed by atoms with Crippen molar-refractivity contribution in [3.8, 4) is 5.75 Å². The number of carbonyl (C=O) groups excluding carboxylic acids is 3. The SMILES string of the molecule is CO[C@@H](/C=C/C(=O)Nc1ccccc1N)[C@@H](OC(=O)Nc1ccc(C(C)=O)cc1)c1ccc(OCCO)cc1. The van der Waals surface area contributed by atoms with Gasteiger partial charge in [-0.25, -0.2) is 4.79 Å². The van der Waals surface area contributed by atoms with Crippen LogP contribution in [0.15, 0.2) is 84.9 Å². The second-order valence-electron chi connectivity index (χ2n) is 8.36. The first-order valence-electron chi connectivity index (χ1n) is 12.1. The highest BCUT2D eigenvalue weighted by atomic mass is 16.6. The second kappa shape index (κ2) is 14.3. The van der Waals surface area contributed by atoms with Crippen LogP contribution in [0.1, 0.15) is 28.9 Å². The number of ketones is 1. The molecule has 3 aromatic carbocycles. The summed E-state index contributed by atoms with van der Waals surface area (Å²) in [5.41, 5.74) is 8.28. The van der Waals surface area contributed by atoms with E-state index in [-0.39, 0.29) is 19.0 Å². The van der Waals surface area contributed by atoms with Gasteiger partial charge in [0.05, 0.1) is 18.0 Å². The van der Waals surface area contributed by atoms with E-state index >= 15 is 0 Å². The lowest BCUT2D eigenvalue weighted by atomic mass is 10.0. The van der Waals surface area contributed by atoms with Crippen LogP contribution in [-0.2, 0) is 14.3 Å². The highest BCUT2D eigenvalue weighted by molar-refractivity contribution is 6.01. The molecule has 0 saturated heterocycles. The lowest BCUT2D eigenvalue weighted by Crippen LogP contribution is -2.27. The Morgan fingerprint density at radius 1 is 0.974 bits per heavy atom. The maximum Gasteiger partial charge on any atom is 0.412 e. The van der Waals surface area contributed by atoms with E-state index in [2.05, 4.69) is 10.6 Å². The number of anilines is 3. The third-order valence-corrected chi connectivity index (χ3v) is 5.57. The van der Waals surface area contributed by atoms with E-state index in [4.69, 9.17) is 25.1 Å². The Morgan fingerprint density at radius 3 is 2.28 bits per heavy atom. The van der Waals surface area contributed by atoms with Crippen LogP contribution in [0.4, 0.5) is 21.9 Å². The zero-order chi connectivity index (χ0) is 28.2. The van der Waals surface area contributed by atoms with Crippen LogP contribution in [0.2, 0.25) is 0 Å². The smallest absolute Gasteiger partial charge is 0.412 e. The fourth-order valence-electron chi connectivity index (χ4n) is 3.56. The van der Waals surface area contributed by atoms with Gasteiger partial charge in [0.1, 0.15) is 18.5 Å². The van der Waals surface area contributed by atoms with Gasteiger partial charge in [-0.05, 0) is 67.1 Å². The molecule has 0 fully saturated rings. The lowest BCUT2D eigenvalue weighted by Gasteiger charge is -2.24. The van der Waals surface area contributed by atoms with E-state index in [0.29, 0.717) is 33.9 Å². The van der Waals surface area contributed by atoms with Gasteiger partial charge >= 0.3 is 6.09 Å². The molecule has 39 heavy (non-hydrogen) atoms. The highest BCUT2D eigenvalue weighted by Gasteiger charge is 2.26. The maximum absolute atomic E-state index is 12.8. The number of aliphatic hydroxyl groups is 1. The first kappa shape index (κ1) is 28.9. The number of aliphatic hydroxyl groups excluding tert-OH is 1. The summed E-state index contributed by atoms with van der Waals surface area (Å²) in [4.78, 5) is 36.9. The summed E-state index contributed by atoms with van der Waals surface area (Å²) in [5.74, 6) is -0.0216. The molecule has 2 atom stereocenters. The van der Waals surface area contributed by atoms with Gasteiger partial charge in [-0.3, -0.25) is 14.9 Å². The van der Waals surface area contributed by atoms with Gasteiger partial charge in [-0.15, -0.1) is 0 Å². The first-order chi connectivity index (χ1) is 18.8. The minimum Gasteiger partial charge on any atom is -0.491 e. The number of nitrogen functional groups attached to an aromatic ring is 1. The molecule has 0 spiro atoms. The summed E-state index contributed by atoms with van der Waals surface area (Å²) in [7, 11) is 1.43. The van der Waals surface area contributed by atoms with E-state index in [1.54, 1.807) is 72.8 Å². The molecule has 10 heteroatoms. The number of methoxy groups -OCH3 is 1. The van der Waals surface area contributed by atoms with Crippen molar-refractivity contribution in [3.63, 3.8) is 0 Å². The molecule has 0 unspecified atom stereocenters. The third kappa shape index (κ3) is 8.70. The molecule has 10 nitrogen and oxygen atoms in total. The van der Waals surface area contributed by atoms with Crippen molar-refractivity contribution >= 4 is 34.8 Å². The molecule has 0 aromatic heterocycles. The number of Topliss-reactive ketones (excluding diaryl/α,β-unsaturated/α-hetero) is 1. The molecule has 0 bridgehead atoms. The van der Waals surface area contributed by atoms with Gasteiger partial charge in [0.2, 0.25) is 5.91 Å². The van der Waals surface area contributed by atoms with E-state index in [9.17, 15) is 14.4 Å². The maximum atomic E-state index is 12.8. The van der Waals surface area contributed by atoms with Crippen molar-refractivity contribution in [2.75, 3.05) is 36.7 Å². The Morgan fingerprint density at radius 2 is 1.67 bits per heavy atom. The number of carbonyl (C=O) groups is 3. The van der Waals surface area contributed by atoms with Crippen molar-refractivity contribution in [1.29, 1.82) is 0 Å². The van der Waals surface area contributed by atoms with Crippen LogP contribution < -0.4 is 21.1 Å². The van der Waals surface area contributed by atoms with Gasteiger partial charge in [0.25, 0.3) is 0 Å². The first-order valence-corrected chi connectivity index (χ1v) is 12.1. The van der Waals surface area contributed by atoms with Crippen LogP contribution in [-0.4, -0.2) is 49.3 Å². The number of hydrogen-bond acceptors (Lipinski definition) is 8. The Labute approximate surface area is 226 Å². The van der Waals surface area contributed by atoms with Crippen molar-refractivity contribution in [2.45, 2.75) is 19.1 Å². The zero-order valence-electron chi connectivity index (χ0n) is 21.6. The minimum atomic E-state index is -0.954. The van der Waals surface area contributed by atoms with E-state index in [1.807, 2.05) is 0 Å². The summed E-state index contributed by atoms with van der Waals surface area (Å²) in [6.45, 7) is 1.46. The molecular weight excluding hydrogens is 502 g/mol. The van der Waals surface area contributed by atoms with Crippen LogP contribution in [0.3, 0.4) is 0 Å². The monoisotopic (exact) mass is 533 g/mol. The number of amides is 2. The Hall–Kier alpha value is -4.67. The molecule has 3 rings (SSSR count). The fraction of sp³-hybridized carbons (Fsp3) is 0.207. The van der Waals surface area contributed by atoms with Gasteiger partial charge in [0, 0.05) is 24.4 Å². The predicted molar refractivity (Wildman–Crippen MR) is 148 cm³/mol. The topological polar surface area (TPSA) is 149 Å². The zero-order valence-corrected chi connectivity index (χ0v) is 21.6. The quantitative estimate of drug-likeness (QED) is 0.153. The summed E-state index contributed by atoms with van der Waals surface area (Å²) < 4.78 is 16.7.